The zero-order valence-electron chi connectivity index (χ0n) is 7.46. The lowest BCUT2D eigenvalue weighted by molar-refractivity contribution is 0.692. The Kier molecular flexibility index (Phi) is 6.70. The van der Waals surface area contributed by atoms with E-state index in [4.69, 9.17) is 0 Å². The zero-order valence-corrected chi connectivity index (χ0v) is 7.46. The Hall–Kier alpha value is -0.850. The molecule has 0 aliphatic rings. The van der Waals surface area contributed by atoms with Crippen LogP contribution in [0.1, 0.15) is 19.8 Å². The lowest BCUT2D eigenvalue weighted by Crippen LogP contribution is -1.89. The van der Waals surface area contributed by atoms with Gasteiger partial charge in [-0.25, -0.2) is 0 Å². The molecule has 0 saturated heterocycles. The summed E-state index contributed by atoms with van der Waals surface area (Å²) in [6, 6.07) is 0. The predicted octanol–water partition coefficient (Wildman–Crippen LogP) is 2.85. The summed E-state index contributed by atoms with van der Waals surface area (Å²) in [7, 11) is 1.77. The molecule has 1 unspecified atom stereocenters. The maximum atomic E-state index is 3.86. The Labute approximate surface area is 69.5 Å². The van der Waals surface area contributed by atoms with Crippen LogP contribution in [0.3, 0.4) is 0 Å². The van der Waals surface area contributed by atoms with Gasteiger partial charge < -0.3 is 0 Å². The van der Waals surface area contributed by atoms with Gasteiger partial charge in [-0.15, -0.1) is 6.58 Å². The van der Waals surface area contributed by atoms with Crippen molar-refractivity contribution in [3.63, 3.8) is 0 Å². The first-order valence-electron chi connectivity index (χ1n) is 4.06. The molecule has 0 bridgehead atoms. The third-order valence-corrected chi connectivity index (χ3v) is 1.52. The maximum absolute atomic E-state index is 3.86. The van der Waals surface area contributed by atoms with E-state index in [1.165, 1.54) is 12.8 Å². The number of allylic oxidation sites excluding steroid dienone is 3. The van der Waals surface area contributed by atoms with Gasteiger partial charge in [0.05, 0.1) is 0 Å². The average molecular weight is 151 g/mol. The van der Waals surface area contributed by atoms with E-state index in [1.807, 2.05) is 12.2 Å². The summed E-state index contributed by atoms with van der Waals surface area (Å²) in [5.41, 5.74) is 0. The van der Waals surface area contributed by atoms with E-state index in [9.17, 15) is 0 Å². The van der Waals surface area contributed by atoms with E-state index in [-0.39, 0.29) is 0 Å². The highest BCUT2D eigenvalue weighted by Crippen LogP contribution is 2.07. The van der Waals surface area contributed by atoms with Gasteiger partial charge in [0.25, 0.3) is 0 Å². The molecule has 0 spiro atoms. The second-order valence-electron chi connectivity index (χ2n) is 2.48. The Morgan fingerprint density at radius 1 is 1.55 bits per heavy atom. The predicted molar refractivity (Wildman–Crippen MR) is 52.2 cm³/mol. The molecule has 1 heteroatoms. The van der Waals surface area contributed by atoms with Crippen molar-refractivity contribution >= 4 is 6.21 Å². The van der Waals surface area contributed by atoms with Crippen molar-refractivity contribution in [2.75, 3.05) is 7.05 Å². The third kappa shape index (κ3) is 5.59. The van der Waals surface area contributed by atoms with Crippen LogP contribution in [-0.4, -0.2) is 13.3 Å². The summed E-state index contributed by atoms with van der Waals surface area (Å²) in [5, 5.41) is 0. The molecule has 62 valence electrons. The number of aliphatic imine (C=N–C) groups is 1. The van der Waals surface area contributed by atoms with Crippen LogP contribution < -0.4 is 0 Å². The molecule has 1 atom stereocenters. The fraction of sp³-hybridized carbons (Fsp3) is 0.500. The lowest BCUT2D eigenvalue weighted by atomic mass is 10.0. The Morgan fingerprint density at radius 2 is 2.27 bits per heavy atom. The van der Waals surface area contributed by atoms with Gasteiger partial charge in [0.1, 0.15) is 0 Å². The van der Waals surface area contributed by atoms with Crippen LogP contribution in [0.5, 0.6) is 0 Å². The smallest absolute Gasteiger partial charge is 0.0277 e. The molecule has 0 fully saturated rings. The van der Waals surface area contributed by atoms with Crippen molar-refractivity contribution in [2.24, 2.45) is 10.9 Å². The molecule has 1 nitrogen and oxygen atoms in total. The van der Waals surface area contributed by atoms with Gasteiger partial charge in [-0.1, -0.05) is 25.5 Å². The Morgan fingerprint density at radius 3 is 2.73 bits per heavy atom. The van der Waals surface area contributed by atoms with Gasteiger partial charge in [-0.3, -0.25) is 4.99 Å². The van der Waals surface area contributed by atoms with Crippen LogP contribution in [0, 0.1) is 5.92 Å². The standard InChI is InChI=1S/C10H17N/c1-4-7-10(5-2)8-6-9-11-3/h5-6,8-10H,2,4,7H2,1,3H3/b8-6+,11-9-. The SMILES string of the molecule is C=CC(/C=C/C=N\C)CCC. The van der Waals surface area contributed by atoms with E-state index >= 15 is 0 Å². The molecular weight excluding hydrogens is 134 g/mol. The van der Waals surface area contributed by atoms with Gasteiger partial charge in [0, 0.05) is 13.3 Å². The van der Waals surface area contributed by atoms with E-state index < -0.39 is 0 Å². The monoisotopic (exact) mass is 151 g/mol. The second-order valence-corrected chi connectivity index (χ2v) is 2.48. The van der Waals surface area contributed by atoms with Crippen LogP contribution in [-0.2, 0) is 0 Å². The fourth-order valence-corrected chi connectivity index (χ4v) is 0.904. The maximum Gasteiger partial charge on any atom is 0.0277 e. The van der Waals surface area contributed by atoms with Crippen molar-refractivity contribution < 1.29 is 0 Å². The van der Waals surface area contributed by atoms with Gasteiger partial charge in [0.2, 0.25) is 0 Å². The first-order valence-corrected chi connectivity index (χ1v) is 4.06. The summed E-state index contributed by atoms with van der Waals surface area (Å²) < 4.78 is 0. The highest BCUT2D eigenvalue weighted by molar-refractivity contribution is 5.70. The highest BCUT2D eigenvalue weighted by atomic mass is 14.6. The topological polar surface area (TPSA) is 12.4 Å². The van der Waals surface area contributed by atoms with E-state index in [0.717, 1.165) is 0 Å². The number of rotatable bonds is 5. The highest BCUT2D eigenvalue weighted by Gasteiger charge is 1.94. The van der Waals surface area contributed by atoms with Gasteiger partial charge in [-0.05, 0) is 18.4 Å². The second kappa shape index (κ2) is 7.26. The summed E-state index contributed by atoms with van der Waals surface area (Å²) in [5.74, 6) is 0.512. The van der Waals surface area contributed by atoms with E-state index in [1.54, 1.807) is 13.3 Å². The average Bonchev–Trinajstić information content (AvgIpc) is 2.03. The van der Waals surface area contributed by atoms with Crippen molar-refractivity contribution in [1.29, 1.82) is 0 Å². The van der Waals surface area contributed by atoms with Crippen LogP contribution in [0.2, 0.25) is 0 Å². The van der Waals surface area contributed by atoms with Crippen molar-refractivity contribution in [1.82, 2.24) is 0 Å². The van der Waals surface area contributed by atoms with Crippen LogP contribution >= 0.6 is 0 Å². The molecule has 11 heavy (non-hydrogen) atoms. The Bertz CT molecular complexity index is 145. The minimum absolute atomic E-state index is 0.512. The van der Waals surface area contributed by atoms with Crippen LogP contribution in [0.4, 0.5) is 0 Å². The van der Waals surface area contributed by atoms with Gasteiger partial charge in [-0.2, -0.15) is 0 Å². The first-order chi connectivity index (χ1) is 5.35. The van der Waals surface area contributed by atoms with Crippen LogP contribution in [0.25, 0.3) is 0 Å². The lowest BCUT2D eigenvalue weighted by Gasteiger charge is -2.02. The molecular formula is C10H17N. The fourth-order valence-electron chi connectivity index (χ4n) is 0.904. The largest absolute Gasteiger partial charge is 0.297 e. The summed E-state index contributed by atoms with van der Waals surface area (Å²) in [6.45, 7) is 5.94. The molecule has 0 N–H and O–H groups in total. The molecule has 0 heterocycles. The normalized spacial score (nSPS) is 14.4. The van der Waals surface area contributed by atoms with Crippen LogP contribution in [0.15, 0.2) is 29.8 Å². The van der Waals surface area contributed by atoms with Crippen molar-refractivity contribution in [3.8, 4) is 0 Å². The molecule has 0 aliphatic carbocycles. The molecule has 0 aliphatic heterocycles. The minimum Gasteiger partial charge on any atom is -0.297 e. The number of hydrogen-bond acceptors (Lipinski definition) is 1. The molecule has 0 amide bonds. The number of nitrogens with zero attached hydrogens (tertiary/aromatic N) is 1. The molecule has 0 rings (SSSR count). The summed E-state index contributed by atoms with van der Waals surface area (Å²) in [4.78, 5) is 3.86. The third-order valence-electron chi connectivity index (χ3n) is 1.52. The molecule has 0 aromatic heterocycles. The molecule has 0 aromatic rings. The minimum atomic E-state index is 0.512. The van der Waals surface area contributed by atoms with Crippen molar-refractivity contribution in [3.05, 3.63) is 24.8 Å². The zero-order chi connectivity index (χ0) is 8.53. The quantitative estimate of drug-likeness (QED) is 0.423. The van der Waals surface area contributed by atoms with E-state index in [2.05, 4.69) is 24.6 Å². The van der Waals surface area contributed by atoms with Gasteiger partial charge >= 0.3 is 0 Å². The number of hydrogen-bond donors (Lipinski definition) is 0. The molecule has 0 aromatic carbocycles. The van der Waals surface area contributed by atoms with E-state index in [0.29, 0.717) is 5.92 Å². The van der Waals surface area contributed by atoms with Crippen molar-refractivity contribution in [2.45, 2.75) is 19.8 Å². The Balaban J connectivity index is 3.75. The first kappa shape index (κ1) is 10.2. The summed E-state index contributed by atoms with van der Waals surface area (Å²) >= 11 is 0. The molecule has 0 saturated carbocycles. The van der Waals surface area contributed by atoms with Gasteiger partial charge in [0.15, 0.2) is 0 Å². The molecule has 0 radical (unpaired) electrons. The summed E-state index contributed by atoms with van der Waals surface area (Å²) in [6.07, 6.45) is 10.3.